The summed E-state index contributed by atoms with van der Waals surface area (Å²) in [7, 11) is 0. The quantitative estimate of drug-likeness (QED) is 0.619. The molecule has 4 N–H and O–H groups in total. The number of nitrogens with one attached hydrogen (secondary N) is 2. The first-order valence-electron chi connectivity index (χ1n) is 6.71. The lowest BCUT2D eigenvalue weighted by atomic mass is 10.0. The lowest BCUT2D eigenvalue weighted by Gasteiger charge is -2.23. The van der Waals surface area contributed by atoms with E-state index in [4.69, 9.17) is 0 Å². The van der Waals surface area contributed by atoms with Gasteiger partial charge in [0, 0.05) is 12.6 Å². The highest BCUT2D eigenvalue weighted by Crippen LogP contribution is 2.27. The summed E-state index contributed by atoms with van der Waals surface area (Å²) < 4.78 is 0. The molecule has 0 aromatic heterocycles. The molecule has 1 saturated heterocycles. The van der Waals surface area contributed by atoms with Crippen LogP contribution in [0.4, 0.5) is 0 Å². The minimum absolute atomic E-state index is 0.108. The van der Waals surface area contributed by atoms with Crippen LogP contribution in [0, 0.1) is 0 Å². The minimum atomic E-state index is -0.365. The van der Waals surface area contributed by atoms with E-state index in [0.717, 1.165) is 19.4 Å². The molecule has 1 aromatic rings. The molecule has 19 heavy (non-hydrogen) atoms. The average Bonchev–Trinajstić information content (AvgIpc) is 2.43. The van der Waals surface area contributed by atoms with Crippen LogP contribution >= 0.6 is 0 Å². The topological polar surface area (TPSA) is 81.6 Å². The van der Waals surface area contributed by atoms with E-state index in [1.54, 1.807) is 0 Å². The smallest absolute Gasteiger partial charge is 0.255 e. The minimum Gasteiger partial charge on any atom is -0.504 e. The Morgan fingerprint density at radius 2 is 2.21 bits per heavy atom. The maximum Gasteiger partial charge on any atom is 0.255 e. The van der Waals surface area contributed by atoms with Crippen LogP contribution in [0.15, 0.2) is 18.2 Å². The number of piperidine rings is 1. The van der Waals surface area contributed by atoms with Gasteiger partial charge in [-0.3, -0.25) is 4.79 Å². The maximum atomic E-state index is 11.9. The lowest BCUT2D eigenvalue weighted by Crippen LogP contribution is -2.37. The van der Waals surface area contributed by atoms with Gasteiger partial charge in [0.15, 0.2) is 11.5 Å². The van der Waals surface area contributed by atoms with Crippen LogP contribution in [-0.2, 0) is 0 Å². The zero-order chi connectivity index (χ0) is 13.7. The van der Waals surface area contributed by atoms with E-state index in [2.05, 4.69) is 10.6 Å². The SMILES string of the molecule is O=C(NCCC1CCCCN1)c1cccc(O)c1O. The first-order valence-corrected chi connectivity index (χ1v) is 6.71. The third-order valence-corrected chi connectivity index (χ3v) is 3.45. The number of amides is 1. The molecule has 0 spiro atoms. The fourth-order valence-electron chi connectivity index (χ4n) is 2.34. The summed E-state index contributed by atoms with van der Waals surface area (Å²) in [4.78, 5) is 11.9. The third-order valence-electron chi connectivity index (χ3n) is 3.45. The third kappa shape index (κ3) is 3.61. The predicted molar refractivity (Wildman–Crippen MR) is 72.4 cm³/mol. The summed E-state index contributed by atoms with van der Waals surface area (Å²) in [5.41, 5.74) is 0.108. The number of benzene rings is 1. The van der Waals surface area contributed by atoms with E-state index < -0.39 is 0 Å². The van der Waals surface area contributed by atoms with E-state index in [-0.39, 0.29) is 23.0 Å². The van der Waals surface area contributed by atoms with Crippen LogP contribution in [0.5, 0.6) is 11.5 Å². The molecule has 104 valence electrons. The molecular formula is C14H20N2O3. The molecule has 1 atom stereocenters. The van der Waals surface area contributed by atoms with Gasteiger partial charge in [-0.15, -0.1) is 0 Å². The van der Waals surface area contributed by atoms with Crippen molar-refractivity contribution < 1.29 is 15.0 Å². The van der Waals surface area contributed by atoms with Gasteiger partial charge in [0.25, 0.3) is 5.91 Å². The number of carbonyl (C=O) groups excluding carboxylic acids is 1. The molecule has 2 rings (SSSR count). The van der Waals surface area contributed by atoms with Crippen molar-refractivity contribution in [1.82, 2.24) is 10.6 Å². The average molecular weight is 264 g/mol. The van der Waals surface area contributed by atoms with Crippen molar-refractivity contribution in [3.05, 3.63) is 23.8 Å². The molecule has 1 fully saturated rings. The van der Waals surface area contributed by atoms with Gasteiger partial charge in [-0.05, 0) is 37.9 Å². The zero-order valence-electron chi connectivity index (χ0n) is 10.9. The van der Waals surface area contributed by atoms with Crippen LogP contribution in [0.3, 0.4) is 0 Å². The van der Waals surface area contributed by atoms with Crippen molar-refractivity contribution in [1.29, 1.82) is 0 Å². The first kappa shape index (κ1) is 13.7. The summed E-state index contributed by atoms with van der Waals surface area (Å²) in [5, 5.41) is 25.1. The molecule has 5 nitrogen and oxygen atoms in total. The van der Waals surface area contributed by atoms with Crippen molar-refractivity contribution in [2.45, 2.75) is 31.7 Å². The fraction of sp³-hybridized carbons (Fsp3) is 0.500. The number of para-hydroxylation sites is 1. The highest BCUT2D eigenvalue weighted by molar-refractivity contribution is 5.97. The molecule has 1 heterocycles. The van der Waals surface area contributed by atoms with Gasteiger partial charge >= 0.3 is 0 Å². The zero-order valence-corrected chi connectivity index (χ0v) is 10.9. The molecule has 1 aliphatic rings. The van der Waals surface area contributed by atoms with Crippen LogP contribution in [0.25, 0.3) is 0 Å². The van der Waals surface area contributed by atoms with Crippen molar-refractivity contribution >= 4 is 5.91 Å². The van der Waals surface area contributed by atoms with Gasteiger partial charge in [0.2, 0.25) is 0 Å². The normalized spacial score (nSPS) is 19.1. The van der Waals surface area contributed by atoms with Gasteiger partial charge in [-0.1, -0.05) is 12.5 Å². The van der Waals surface area contributed by atoms with Gasteiger partial charge in [0.1, 0.15) is 0 Å². The van der Waals surface area contributed by atoms with Crippen molar-refractivity contribution in [2.75, 3.05) is 13.1 Å². The molecule has 1 aromatic carbocycles. The fourth-order valence-corrected chi connectivity index (χ4v) is 2.34. The lowest BCUT2D eigenvalue weighted by molar-refractivity contribution is 0.0948. The second kappa shape index (κ2) is 6.43. The summed E-state index contributed by atoms with van der Waals surface area (Å²) in [6.07, 6.45) is 4.48. The standard InChI is InChI=1S/C14H20N2O3/c17-12-6-3-5-11(13(12)18)14(19)16-9-7-10-4-1-2-8-15-10/h3,5-6,10,15,17-18H,1-2,4,7-9H2,(H,16,19). The summed E-state index contributed by atoms with van der Waals surface area (Å²) in [6.45, 7) is 1.61. The number of hydrogen-bond donors (Lipinski definition) is 4. The van der Waals surface area contributed by atoms with Gasteiger partial charge in [-0.2, -0.15) is 0 Å². The Bertz CT molecular complexity index is 442. The van der Waals surface area contributed by atoms with Crippen LogP contribution in [-0.4, -0.2) is 35.3 Å². The number of phenolic OH excluding ortho intramolecular Hbond substituents is 2. The van der Waals surface area contributed by atoms with E-state index in [9.17, 15) is 15.0 Å². The van der Waals surface area contributed by atoms with Gasteiger partial charge in [-0.25, -0.2) is 0 Å². The predicted octanol–water partition coefficient (Wildman–Crippen LogP) is 1.36. The second-order valence-electron chi connectivity index (χ2n) is 4.86. The van der Waals surface area contributed by atoms with Crippen molar-refractivity contribution in [3.63, 3.8) is 0 Å². The molecule has 0 saturated carbocycles. The molecular weight excluding hydrogens is 244 g/mol. The molecule has 1 unspecified atom stereocenters. The summed E-state index contributed by atoms with van der Waals surface area (Å²) in [6, 6.07) is 4.83. The van der Waals surface area contributed by atoms with E-state index in [1.807, 2.05) is 0 Å². The van der Waals surface area contributed by atoms with Crippen LogP contribution in [0.1, 0.15) is 36.0 Å². The van der Waals surface area contributed by atoms with Gasteiger partial charge < -0.3 is 20.8 Å². The molecule has 0 bridgehead atoms. The van der Waals surface area contributed by atoms with Crippen molar-refractivity contribution in [3.8, 4) is 11.5 Å². The monoisotopic (exact) mass is 264 g/mol. The number of phenols is 2. The number of rotatable bonds is 4. The van der Waals surface area contributed by atoms with Crippen LogP contribution < -0.4 is 10.6 Å². The number of aromatic hydroxyl groups is 2. The Hall–Kier alpha value is -1.75. The Kier molecular flexibility index (Phi) is 4.63. The number of hydrogen-bond acceptors (Lipinski definition) is 4. The Labute approximate surface area is 112 Å². The molecule has 5 heteroatoms. The Balaban J connectivity index is 1.82. The molecule has 0 radical (unpaired) electrons. The molecule has 1 aliphatic heterocycles. The summed E-state index contributed by atoms with van der Waals surface area (Å²) >= 11 is 0. The van der Waals surface area contributed by atoms with Crippen molar-refractivity contribution in [2.24, 2.45) is 0 Å². The number of carbonyl (C=O) groups is 1. The Morgan fingerprint density at radius 1 is 1.37 bits per heavy atom. The second-order valence-corrected chi connectivity index (χ2v) is 4.86. The van der Waals surface area contributed by atoms with E-state index >= 15 is 0 Å². The molecule has 0 aliphatic carbocycles. The highest BCUT2D eigenvalue weighted by atomic mass is 16.3. The van der Waals surface area contributed by atoms with E-state index in [0.29, 0.717) is 12.6 Å². The van der Waals surface area contributed by atoms with E-state index in [1.165, 1.54) is 31.0 Å². The maximum absolute atomic E-state index is 11.9. The molecule has 1 amide bonds. The largest absolute Gasteiger partial charge is 0.504 e. The summed E-state index contributed by atoms with van der Waals surface area (Å²) in [5.74, 6) is -0.999. The van der Waals surface area contributed by atoms with Crippen LogP contribution in [0.2, 0.25) is 0 Å². The Morgan fingerprint density at radius 3 is 2.95 bits per heavy atom. The highest BCUT2D eigenvalue weighted by Gasteiger charge is 2.15. The van der Waals surface area contributed by atoms with Gasteiger partial charge in [0.05, 0.1) is 5.56 Å². The first-order chi connectivity index (χ1) is 9.18.